The molecule has 1 aliphatic rings. The summed E-state index contributed by atoms with van der Waals surface area (Å²) < 4.78 is 0. The highest BCUT2D eigenvalue weighted by Gasteiger charge is 2.25. The van der Waals surface area contributed by atoms with Crippen molar-refractivity contribution in [3.05, 3.63) is 33.9 Å². The molecule has 0 spiro atoms. The van der Waals surface area contributed by atoms with Gasteiger partial charge in [-0.3, -0.25) is 10.1 Å². The molecule has 1 fully saturated rings. The first-order chi connectivity index (χ1) is 9.99. The largest absolute Gasteiger partial charge is 0.478 e. The molecule has 0 saturated heterocycles. The fraction of sp³-hybridized carbons (Fsp3) is 0.500. The number of benzene rings is 1. The smallest absolute Gasteiger partial charge is 0.335 e. The van der Waals surface area contributed by atoms with Gasteiger partial charge in [0, 0.05) is 6.07 Å². The van der Waals surface area contributed by atoms with E-state index in [4.69, 9.17) is 5.11 Å². The number of hydrogen-bond acceptors (Lipinski definition) is 5. The Morgan fingerprint density at radius 2 is 2.00 bits per heavy atom. The average molecular weight is 294 g/mol. The van der Waals surface area contributed by atoms with Crippen LogP contribution < -0.4 is 5.32 Å². The van der Waals surface area contributed by atoms with Crippen LogP contribution in [-0.2, 0) is 0 Å². The number of rotatable bonds is 4. The summed E-state index contributed by atoms with van der Waals surface area (Å²) in [5, 5.41) is 33.1. The number of nitro groups is 1. The van der Waals surface area contributed by atoms with Crippen LogP contribution in [0.1, 0.15) is 42.5 Å². The fourth-order valence-corrected chi connectivity index (χ4v) is 2.60. The van der Waals surface area contributed by atoms with Gasteiger partial charge in [0.1, 0.15) is 5.69 Å². The Morgan fingerprint density at radius 1 is 1.29 bits per heavy atom. The second-order valence-electron chi connectivity index (χ2n) is 5.25. The van der Waals surface area contributed by atoms with Crippen molar-refractivity contribution in [2.75, 3.05) is 5.32 Å². The van der Waals surface area contributed by atoms with Gasteiger partial charge in [-0.25, -0.2) is 4.79 Å². The first-order valence-electron chi connectivity index (χ1n) is 6.95. The molecule has 1 aromatic rings. The molecule has 3 N–H and O–H groups in total. The van der Waals surface area contributed by atoms with Gasteiger partial charge in [-0.05, 0) is 25.0 Å². The minimum absolute atomic E-state index is 0.0220. The molecule has 2 rings (SSSR count). The molecule has 2 unspecified atom stereocenters. The molecule has 0 bridgehead atoms. The number of anilines is 1. The Morgan fingerprint density at radius 3 is 2.67 bits per heavy atom. The van der Waals surface area contributed by atoms with E-state index in [-0.39, 0.29) is 23.0 Å². The quantitative estimate of drug-likeness (QED) is 0.446. The molecule has 0 amide bonds. The van der Waals surface area contributed by atoms with E-state index < -0.39 is 17.0 Å². The van der Waals surface area contributed by atoms with Crippen molar-refractivity contribution in [2.24, 2.45) is 0 Å². The Hall–Kier alpha value is -2.15. The zero-order valence-corrected chi connectivity index (χ0v) is 11.5. The topological polar surface area (TPSA) is 113 Å². The lowest BCUT2D eigenvalue weighted by atomic mass is 10.0. The SMILES string of the molecule is O=C(O)c1ccc([N+](=O)[O-])c(NC2CCCCCC2O)c1. The van der Waals surface area contributed by atoms with Crippen LogP contribution in [0.2, 0.25) is 0 Å². The summed E-state index contributed by atoms with van der Waals surface area (Å²) >= 11 is 0. The Balaban J connectivity index is 2.29. The molecular formula is C14H18N2O5. The van der Waals surface area contributed by atoms with Crippen LogP contribution in [0.4, 0.5) is 11.4 Å². The fourth-order valence-electron chi connectivity index (χ4n) is 2.60. The van der Waals surface area contributed by atoms with Gasteiger partial charge in [0.2, 0.25) is 0 Å². The van der Waals surface area contributed by atoms with Crippen LogP contribution in [0, 0.1) is 10.1 Å². The number of aliphatic hydroxyl groups excluding tert-OH is 1. The molecule has 0 heterocycles. The molecule has 0 radical (unpaired) electrons. The molecule has 0 aliphatic heterocycles. The van der Waals surface area contributed by atoms with E-state index >= 15 is 0 Å². The average Bonchev–Trinajstić information content (AvgIpc) is 2.64. The maximum Gasteiger partial charge on any atom is 0.335 e. The highest BCUT2D eigenvalue weighted by atomic mass is 16.6. The first kappa shape index (κ1) is 15.2. The van der Waals surface area contributed by atoms with Crippen molar-refractivity contribution in [2.45, 2.75) is 44.2 Å². The number of nitrogens with zero attached hydrogens (tertiary/aromatic N) is 1. The zero-order valence-electron chi connectivity index (χ0n) is 11.5. The van der Waals surface area contributed by atoms with Gasteiger partial charge in [0.25, 0.3) is 5.69 Å². The second kappa shape index (κ2) is 6.53. The number of carbonyl (C=O) groups is 1. The summed E-state index contributed by atoms with van der Waals surface area (Å²) in [7, 11) is 0. The Labute approximate surface area is 121 Å². The van der Waals surface area contributed by atoms with Gasteiger partial charge < -0.3 is 15.5 Å². The van der Waals surface area contributed by atoms with Crippen LogP contribution >= 0.6 is 0 Å². The van der Waals surface area contributed by atoms with Gasteiger partial charge >= 0.3 is 5.97 Å². The summed E-state index contributed by atoms with van der Waals surface area (Å²) in [6, 6.07) is 3.33. The molecule has 21 heavy (non-hydrogen) atoms. The number of carboxylic acid groups (broad SMARTS) is 1. The van der Waals surface area contributed by atoms with Crippen molar-refractivity contribution in [3.63, 3.8) is 0 Å². The van der Waals surface area contributed by atoms with Crippen LogP contribution in [-0.4, -0.2) is 33.3 Å². The lowest BCUT2D eigenvalue weighted by molar-refractivity contribution is -0.384. The van der Waals surface area contributed by atoms with Gasteiger partial charge in [-0.2, -0.15) is 0 Å². The van der Waals surface area contributed by atoms with E-state index in [0.29, 0.717) is 12.8 Å². The normalized spacial score (nSPS) is 22.3. The number of aromatic carboxylic acids is 1. The molecule has 2 atom stereocenters. The van der Waals surface area contributed by atoms with Gasteiger partial charge in [-0.15, -0.1) is 0 Å². The van der Waals surface area contributed by atoms with Crippen molar-refractivity contribution >= 4 is 17.3 Å². The van der Waals surface area contributed by atoms with E-state index in [0.717, 1.165) is 19.3 Å². The summed E-state index contributed by atoms with van der Waals surface area (Å²) in [5.41, 5.74) is -0.0616. The number of hydrogen-bond donors (Lipinski definition) is 3. The monoisotopic (exact) mass is 294 g/mol. The third-order valence-electron chi connectivity index (χ3n) is 3.76. The summed E-state index contributed by atoms with van der Waals surface area (Å²) in [6.45, 7) is 0. The van der Waals surface area contributed by atoms with Gasteiger partial charge in [0.05, 0.1) is 22.6 Å². The highest BCUT2D eigenvalue weighted by molar-refractivity contribution is 5.90. The highest BCUT2D eigenvalue weighted by Crippen LogP contribution is 2.29. The molecular weight excluding hydrogens is 276 g/mol. The molecule has 7 heteroatoms. The predicted molar refractivity (Wildman–Crippen MR) is 76.6 cm³/mol. The lowest BCUT2D eigenvalue weighted by Gasteiger charge is -2.22. The lowest BCUT2D eigenvalue weighted by Crippen LogP contribution is -2.32. The molecule has 1 aliphatic carbocycles. The predicted octanol–water partition coefficient (Wildman–Crippen LogP) is 2.40. The van der Waals surface area contributed by atoms with E-state index in [1.807, 2.05) is 0 Å². The number of nitrogens with one attached hydrogen (secondary N) is 1. The number of nitro benzene ring substituents is 1. The summed E-state index contributed by atoms with van der Waals surface area (Å²) in [6.07, 6.45) is 3.64. The molecule has 1 saturated carbocycles. The van der Waals surface area contributed by atoms with Crippen LogP contribution in [0.3, 0.4) is 0 Å². The van der Waals surface area contributed by atoms with Crippen LogP contribution in [0.5, 0.6) is 0 Å². The van der Waals surface area contributed by atoms with E-state index in [9.17, 15) is 20.0 Å². The summed E-state index contributed by atoms with van der Waals surface area (Å²) in [4.78, 5) is 21.5. The third-order valence-corrected chi connectivity index (χ3v) is 3.76. The van der Waals surface area contributed by atoms with E-state index in [1.165, 1.54) is 18.2 Å². The zero-order chi connectivity index (χ0) is 15.4. The minimum atomic E-state index is -1.14. The molecule has 1 aromatic carbocycles. The minimum Gasteiger partial charge on any atom is -0.478 e. The van der Waals surface area contributed by atoms with Gasteiger partial charge in [-0.1, -0.05) is 19.3 Å². The van der Waals surface area contributed by atoms with Gasteiger partial charge in [0.15, 0.2) is 0 Å². The van der Waals surface area contributed by atoms with Crippen molar-refractivity contribution in [1.29, 1.82) is 0 Å². The Kier molecular flexibility index (Phi) is 4.74. The molecule has 0 aromatic heterocycles. The second-order valence-corrected chi connectivity index (χ2v) is 5.25. The number of carboxylic acids is 1. The Bertz CT molecular complexity index is 546. The number of aliphatic hydroxyl groups is 1. The summed E-state index contributed by atoms with van der Waals surface area (Å²) in [5.74, 6) is -1.14. The first-order valence-corrected chi connectivity index (χ1v) is 6.95. The van der Waals surface area contributed by atoms with Crippen molar-refractivity contribution in [1.82, 2.24) is 0 Å². The van der Waals surface area contributed by atoms with Crippen molar-refractivity contribution in [3.8, 4) is 0 Å². The third kappa shape index (κ3) is 3.69. The standard InChI is InChI=1S/C14H18N2O5/c17-13-5-3-1-2-4-10(13)15-11-8-9(14(18)19)6-7-12(11)16(20)21/h6-8,10,13,15,17H,1-5H2,(H,18,19). The molecule has 7 nitrogen and oxygen atoms in total. The van der Waals surface area contributed by atoms with Crippen molar-refractivity contribution < 1.29 is 19.9 Å². The van der Waals surface area contributed by atoms with E-state index in [2.05, 4.69) is 5.32 Å². The van der Waals surface area contributed by atoms with Crippen LogP contribution in [0.25, 0.3) is 0 Å². The maximum atomic E-state index is 11.0. The maximum absolute atomic E-state index is 11.0. The molecule has 114 valence electrons. The van der Waals surface area contributed by atoms with Crippen LogP contribution in [0.15, 0.2) is 18.2 Å². The van der Waals surface area contributed by atoms with E-state index in [1.54, 1.807) is 0 Å².